The zero-order valence-electron chi connectivity index (χ0n) is 17.2. The van der Waals surface area contributed by atoms with Gasteiger partial charge in [-0.1, -0.05) is 12.1 Å². The number of amides is 1. The third kappa shape index (κ3) is 4.83. The number of nitrogens with zero attached hydrogens (tertiary/aromatic N) is 2. The van der Waals surface area contributed by atoms with E-state index in [0.717, 1.165) is 10.5 Å². The summed E-state index contributed by atoms with van der Waals surface area (Å²) in [6, 6.07) is 4.16. The minimum Gasteiger partial charge on any atom is -0.451 e. The number of hydrogen-bond donors (Lipinski definition) is 1. The molecule has 1 aliphatic heterocycles. The predicted octanol–water partition coefficient (Wildman–Crippen LogP) is 3.73. The highest BCUT2D eigenvalue weighted by atomic mass is 32.2. The molecule has 1 aromatic carbocycles. The van der Waals surface area contributed by atoms with Crippen LogP contribution in [0.1, 0.15) is 38.5 Å². The maximum atomic E-state index is 13.2. The van der Waals surface area contributed by atoms with E-state index >= 15 is 0 Å². The van der Waals surface area contributed by atoms with Crippen molar-refractivity contribution in [2.45, 2.75) is 61.7 Å². The van der Waals surface area contributed by atoms with Gasteiger partial charge in [-0.05, 0) is 50.7 Å². The molecule has 0 bridgehead atoms. The van der Waals surface area contributed by atoms with Gasteiger partial charge in [0.15, 0.2) is 6.39 Å². The summed E-state index contributed by atoms with van der Waals surface area (Å²) >= 11 is 0. The Morgan fingerprint density at radius 3 is 2.38 bits per heavy atom. The first-order chi connectivity index (χ1) is 15.1. The molecular formula is C21H24F3N3O4S. The van der Waals surface area contributed by atoms with Crippen LogP contribution >= 0.6 is 0 Å². The van der Waals surface area contributed by atoms with E-state index in [4.69, 9.17) is 4.42 Å². The maximum absolute atomic E-state index is 13.2. The van der Waals surface area contributed by atoms with Gasteiger partial charge in [-0.25, -0.2) is 18.1 Å². The Labute approximate surface area is 184 Å². The van der Waals surface area contributed by atoms with Gasteiger partial charge in [0.1, 0.15) is 18.0 Å². The van der Waals surface area contributed by atoms with Crippen LogP contribution in [0.3, 0.4) is 0 Å². The molecule has 32 heavy (non-hydrogen) atoms. The molecule has 1 atom stereocenters. The molecule has 1 aromatic heterocycles. The van der Waals surface area contributed by atoms with Crippen LogP contribution in [0.15, 0.2) is 46.2 Å². The zero-order chi connectivity index (χ0) is 22.9. The van der Waals surface area contributed by atoms with Crippen LogP contribution in [0.4, 0.5) is 13.2 Å². The SMILES string of the molecule is O=C(C1CCC(NS(=O)(=O)c2ccc(-c3cocn3)cc2)CC1)N1CCC[C@@H]1C(F)(F)F. The summed E-state index contributed by atoms with van der Waals surface area (Å²) in [7, 11) is -3.76. The molecule has 4 rings (SSSR count). The van der Waals surface area contributed by atoms with Crippen LogP contribution in [0.5, 0.6) is 0 Å². The molecule has 0 radical (unpaired) electrons. The highest BCUT2D eigenvalue weighted by Gasteiger charge is 2.48. The van der Waals surface area contributed by atoms with Crippen LogP contribution in [-0.4, -0.2) is 49.0 Å². The molecule has 2 aromatic rings. The number of aromatic nitrogens is 1. The fourth-order valence-electron chi connectivity index (χ4n) is 4.51. The molecule has 1 saturated carbocycles. The third-order valence-corrected chi connectivity index (χ3v) is 7.74. The number of rotatable bonds is 5. The minimum absolute atomic E-state index is 0.0557. The Hall–Kier alpha value is -2.40. The molecule has 2 aliphatic rings. The summed E-state index contributed by atoms with van der Waals surface area (Å²) in [4.78, 5) is 17.8. The van der Waals surface area contributed by atoms with Crippen molar-refractivity contribution in [2.24, 2.45) is 5.92 Å². The van der Waals surface area contributed by atoms with Gasteiger partial charge >= 0.3 is 6.18 Å². The highest BCUT2D eigenvalue weighted by molar-refractivity contribution is 7.89. The molecule has 7 nitrogen and oxygen atoms in total. The van der Waals surface area contributed by atoms with Crippen molar-refractivity contribution < 1.29 is 30.8 Å². The minimum atomic E-state index is -4.41. The fourth-order valence-corrected chi connectivity index (χ4v) is 5.82. The number of carbonyl (C=O) groups excluding carboxylic acids is 1. The summed E-state index contributed by atoms with van der Waals surface area (Å²) in [6.45, 7) is 0.125. The van der Waals surface area contributed by atoms with E-state index in [1.165, 1.54) is 24.8 Å². The smallest absolute Gasteiger partial charge is 0.408 e. The number of carbonyl (C=O) groups is 1. The van der Waals surface area contributed by atoms with Gasteiger partial charge in [0, 0.05) is 24.1 Å². The summed E-state index contributed by atoms with van der Waals surface area (Å²) in [5.74, 6) is -0.963. The Morgan fingerprint density at radius 2 is 1.78 bits per heavy atom. The van der Waals surface area contributed by atoms with Crippen molar-refractivity contribution in [3.8, 4) is 11.3 Å². The maximum Gasteiger partial charge on any atom is 0.408 e. The number of alkyl halides is 3. The first kappa shape index (κ1) is 22.8. The lowest BCUT2D eigenvalue weighted by Gasteiger charge is -2.33. The number of likely N-dealkylation sites (tertiary alicyclic amines) is 1. The van der Waals surface area contributed by atoms with Crippen molar-refractivity contribution in [1.29, 1.82) is 0 Å². The second-order valence-corrected chi connectivity index (χ2v) is 10.0. The van der Waals surface area contributed by atoms with E-state index in [1.54, 1.807) is 12.1 Å². The number of oxazole rings is 1. The summed E-state index contributed by atoms with van der Waals surface area (Å²) < 4.78 is 72.6. The lowest BCUT2D eigenvalue weighted by Crippen LogP contribution is -2.48. The van der Waals surface area contributed by atoms with Gasteiger partial charge in [0.2, 0.25) is 15.9 Å². The second kappa shape index (κ2) is 8.86. The second-order valence-electron chi connectivity index (χ2n) is 8.30. The zero-order valence-corrected chi connectivity index (χ0v) is 18.0. The van der Waals surface area contributed by atoms with Crippen molar-refractivity contribution >= 4 is 15.9 Å². The quantitative estimate of drug-likeness (QED) is 0.717. The van der Waals surface area contributed by atoms with Crippen molar-refractivity contribution in [3.63, 3.8) is 0 Å². The molecule has 1 amide bonds. The number of hydrogen-bond acceptors (Lipinski definition) is 5. The monoisotopic (exact) mass is 471 g/mol. The van der Waals surface area contributed by atoms with E-state index in [2.05, 4.69) is 9.71 Å². The normalized spacial score (nSPS) is 24.6. The van der Waals surface area contributed by atoms with Gasteiger partial charge in [-0.3, -0.25) is 4.79 Å². The molecule has 0 spiro atoms. The molecule has 1 aliphatic carbocycles. The average Bonchev–Trinajstić information content (AvgIpc) is 3.46. The van der Waals surface area contributed by atoms with Gasteiger partial charge in [0.05, 0.1) is 4.90 Å². The molecular weight excluding hydrogens is 447 g/mol. The summed E-state index contributed by atoms with van der Waals surface area (Å²) in [5, 5.41) is 0. The molecule has 174 valence electrons. The standard InChI is InChI=1S/C21H24F3N3O4S/c22-21(23,24)19-2-1-11-27(19)20(28)15-3-7-16(8-4-15)26-32(29,30)17-9-5-14(6-10-17)18-12-31-13-25-18/h5-6,9-10,12-13,15-16,19,26H,1-4,7-8,11H2/t15?,16?,19-/m1/s1. The van der Waals surface area contributed by atoms with Crippen molar-refractivity contribution in [1.82, 2.24) is 14.6 Å². The molecule has 1 saturated heterocycles. The average molecular weight is 472 g/mol. The Kier molecular flexibility index (Phi) is 6.30. The lowest BCUT2D eigenvalue weighted by atomic mass is 9.85. The topological polar surface area (TPSA) is 92.5 Å². The number of benzene rings is 1. The predicted molar refractivity (Wildman–Crippen MR) is 109 cm³/mol. The largest absolute Gasteiger partial charge is 0.451 e. The number of sulfonamides is 1. The van der Waals surface area contributed by atoms with Gasteiger partial charge in [-0.2, -0.15) is 13.2 Å². The van der Waals surface area contributed by atoms with Crippen LogP contribution in [0, 0.1) is 5.92 Å². The van der Waals surface area contributed by atoms with E-state index in [9.17, 15) is 26.4 Å². The van der Waals surface area contributed by atoms with Crippen molar-refractivity contribution in [3.05, 3.63) is 36.9 Å². The molecule has 2 heterocycles. The van der Waals surface area contributed by atoms with Crippen molar-refractivity contribution in [2.75, 3.05) is 6.54 Å². The van der Waals surface area contributed by atoms with Crippen LogP contribution in [0.2, 0.25) is 0 Å². The van der Waals surface area contributed by atoms with Gasteiger partial charge < -0.3 is 9.32 Å². The third-order valence-electron chi connectivity index (χ3n) is 6.20. The number of halogens is 3. The van der Waals surface area contributed by atoms with E-state index in [0.29, 0.717) is 37.8 Å². The summed E-state index contributed by atoms with van der Waals surface area (Å²) in [6.07, 6.45) is 0.142. The van der Waals surface area contributed by atoms with E-state index in [1.807, 2.05) is 0 Å². The first-order valence-electron chi connectivity index (χ1n) is 10.5. The Balaban J connectivity index is 1.34. The lowest BCUT2D eigenvalue weighted by molar-refractivity contribution is -0.184. The fraction of sp³-hybridized carbons (Fsp3) is 0.524. The van der Waals surface area contributed by atoms with Crippen LogP contribution in [-0.2, 0) is 14.8 Å². The number of nitrogens with one attached hydrogen (secondary N) is 1. The highest BCUT2D eigenvalue weighted by Crippen LogP contribution is 2.36. The van der Waals surface area contributed by atoms with E-state index in [-0.39, 0.29) is 23.9 Å². The Morgan fingerprint density at radius 1 is 1.09 bits per heavy atom. The molecule has 2 fully saturated rings. The van der Waals surface area contributed by atoms with E-state index < -0.39 is 34.1 Å². The molecule has 0 unspecified atom stereocenters. The van der Waals surface area contributed by atoms with Gasteiger partial charge in [-0.15, -0.1) is 0 Å². The first-order valence-corrected chi connectivity index (χ1v) is 12.0. The molecule has 1 N–H and O–H groups in total. The summed E-state index contributed by atoms with van der Waals surface area (Å²) in [5.41, 5.74) is 1.31. The van der Waals surface area contributed by atoms with Gasteiger partial charge in [0.25, 0.3) is 0 Å². The molecule has 11 heteroatoms. The van der Waals surface area contributed by atoms with Crippen LogP contribution < -0.4 is 4.72 Å². The Bertz CT molecular complexity index is 1030. The van der Waals surface area contributed by atoms with Crippen LogP contribution in [0.25, 0.3) is 11.3 Å².